The highest BCUT2D eigenvalue weighted by atomic mass is 19.1. The first-order chi connectivity index (χ1) is 10.6. The average molecular weight is 297 g/mol. The van der Waals surface area contributed by atoms with Crippen LogP contribution >= 0.6 is 0 Å². The molecule has 0 aliphatic rings. The summed E-state index contributed by atoms with van der Waals surface area (Å²) in [6, 6.07) is 11.2. The Hall–Kier alpha value is -3.02. The number of nitrogens with two attached hydrogens (primary N) is 1. The third-order valence-electron chi connectivity index (χ3n) is 3.44. The Morgan fingerprint density at radius 3 is 2.64 bits per heavy atom. The van der Waals surface area contributed by atoms with Crippen molar-refractivity contribution in [3.63, 3.8) is 0 Å². The number of carbonyl (C=O) groups is 1. The van der Waals surface area contributed by atoms with Crippen LogP contribution in [0.4, 0.5) is 4.39 Å². The van der Waals surface area contributed by atoms with E-state index in [1.54, 1.807) is 24.3 Å². The molecule has 0 aliphatic carbocycles. The molecule has 0 radical (unpaired) electrons. The van der Waals surface area contributed by atoms with Gasteiger partial charge < -0.3 is 5.73 Å². The van der Waals surface area contributed by atoms with Crippen LogP contribution in [-0.2, 0) is 6.42 Å². The van der Waals surface area contributed by atoms with E-state index in [4.69, 9.17) is 5.73 Å². The van der Waals surface area contributed by atoms with Gasteiger partial charge in [0.2, 0.25) is 0 Å². The number of nitrogens with zero attached hydrogens (tertiary/aromatic N) is 1. The molecule has 110 valence electrons. The molecule has 0 saturated heterocycles. The van der Waals surface area contributed by atoms with Crippen LogP contribution in [-0.4, -0.2) is 16.1 Å². The van der Waals surface area contributed by atoms with Gasteiger partial charge in [-0.2, -0.15) is 5.10 Å². The fourth-order valence-electron chi connectivity index (χ4n) is 2.37. The Kier molecular flexibility index (Phi) is 3.42. The number of aromatic nitrogens is 2. The number of amides is 1. The van der Waals surface area contributed by atoms with E-state index in [1.165, 1.54) is 12.1 Å². The fraction of sp³-hybridized carbons (Fsp3) is 0.0625. The number of rotatable bonds is 3. The van der Waals surface area contributed by atoms with E-state index in [2.05, 4.69) is 10.2 Å². The maximum atomic E-state index is 13.5. The van der Waals surface area contributed by atoms with Gasteiger partial charge in [0.25, 0.3) is 11.5 Å². The first kappa shape index (κ1) is 13.9. The van der Waals surface area contributed by atoms with Crippen molar-refractivity contribution in [3.8, 4) is 0 Å². The number of halogens is 1. The van der Waals surface area contributed by atoms with Gasteiger partial charge in [0.15, 0.2) is 0 Å². The molecule has 0 bridgehead atoms. The Bertz CT molecular complexity index is 934. The molecule has 1 aromatic heterocycles. The number of nitrogens with one attached hydrogen (secondary N) is 1. The molecule has 1 amide bonds. The van der Waals surface area contributed by atoms with Crippen molar-refractivity contribution in [1.29, 1.82) is 0 Å². The van der Waals surface area contributed by atoms with Crippen LogP contribution in [0.3, 0.4) is 0 Å². The summed E-state index contributed by atoms with van der Waals surface area (Å²) >= 11 is 0. The van der Waals surface area contributed by atoms with Gasteiger partial charge in [-0.25, -0.2) is 9.49 Å². The zero-order valence-corrected chi connectivity index (χ0v) is 11.5. The minimum absolute atomic E-state index is 0.161. The maximum absolute atomic E-state index is 13.5. The molecule has 0 atom stereocenters. The predicted octanol–water partition coefficient (Wildman–Crippen LogP) is 1.75. The van der Waals surface area contributed by atoms with Gasteiger partial charge in [-0.05, 0) is 23.8 Å². The summed E-state index contributed by atoms with van der Waals surface area (Å²) in [5, 5.41) is 7.74. The second-order valence-electron chi connectivity index (χ2n) is 4.90. The van der Waals surface area contributed by atoms with Crippen molar-refractivity contribution in [2.45, 2.75) is 6.42 Å². The van der Waals surface area contributed by atoms with Gasteiger partial charge in [-0.1, -0.05) is 24.3 Å². The van der Waals surface area contributed by atoms with Crippen LogP contribution in [0.1, 0.15) is 21.6 Å². The summed E-state index contributed by atoms with van der Waals surface area (Å²) in [7, 11) is 0. The van der Waals surface area contributed by atoms with Crippen LogP contribution < -0.4 is 11.3 Å². The number of hydrogen-bond acceptors (Lipinski definition) is 3. The highest BCUT2D eigenvalue weighted by Gasteiger charge is 2.11. The number of fused-ring (bicyclic) bond motifs is 1. The molecular weight excluding hydrogens is 285 g/mol. The zero-order chi connectivity index (χ0) is 15.7. The van der Waals surface area contributed by atoms with Crippen LogP contribution in [0, 0.1) is 5.82 Å². The van der Waals surface area contributed by atoms with Crippen LogP contribution in [0.15, 0.2) is 47.3 Å². The monoisotopic (exact) mass is 297 g/mol. The molecular formula is C16H12FN3O2. The van der Waals surface area contributed by atoms with Crippen LogP contribution in [0.5, 0.6) is 0 Å². The summed E-state index contributed by atoms with van der Waals surface area (Å²) in [6.07, 6.45) is 0.345. The normalized spacial score (nSPS) is 10.8. The quantitative estimate of drug-likeness (QED) is 0.772. The van der Waals surface area contributed by atoms with E-state index in [0.717, 1.165) is 5.39 Å². The minimum atomic E-state index is -0.821. The van der Waals surface area contributed by atoms with Crippen LogP contribution in [0.25, 0.3) is 10.8 Å². The fourth-order valence-corrected chi connectivity index (χ4v) is 2.37. The molecule has 0 unspecified atom stereocenters. The van der Waals surface area contributed by atoms with Crippen molar-refractivity contribution in [2.24, 2.45) is 5.73 Å². The van der Waals surface area contributed by atoms with E-state index in [1.807, 2.05) is 6.07 Å². The van der Waals surface area contributed by atoms with Crippen LogP contribution in [0.2, 0.25) is 0 Å². The van der Waals surface area contributed by atoms with E-state index >= 15 is 0 Å². The molecule has 1 heterocycles. The van der Waals surface area contributed by atoms with Gasteiger partial charge in [0.1, 0.15) is 5.82 Å². The summed E-state index contributed by atoms with van der Waals surface area (Å²) in [5.74, 6) is -1.48. The molecule has 3 aromatic rings. The van der Waals surface area contributed by atoms with Crippen molar-refractivity contribution in [2.75, 3.05) is 0 Å². The lowest BCUT2D eigenvalue weighted by atomic mass is 10.0. The molecule has 0 fully saturated rings. The first-order valence-electron chi connectivity index (χ1n) is 6.61. The zero-order valence-electron chi connectivity index (χ0n) is 11.5. The maximum Gasteiger partial charge on any atom is 0.272 e. The van der Waals surface area contributed by atoms with Gasteiger partial charge in [0, 0.05) is 11.8 Å². The second kappa shape index (κ2) is 5.40. The molecule has 2 aromatic carbocycles. The lowest BCUT2D eigenvalue weighted by molar-refractivity contribution is 0.0996. The van der Waals surface area contributed by atoms with Gasteiger partial charge >= 0.3 is 0 Å². The smallest absolute Gasteiger partial charge is 0.272 e. The Morgan fingerprint density at radius 2 is 1.91 bits per heavy atom. The third kappa shape index (κ3) is 2.46. The molecule has 3 N–H and O–H groups in total. The van der Waals surface area contributed by atoms with Gasteiger partial charge in [-0.15, -0.1) is 0 Å². The largest absolute Gasteiger partial charge is 0.366 e. The minimum Gasteiger partial charge on any atom is -0.366 e. The summed E-state index contributed by atoms with van der Waals surface area (Å²) in [6.45, 7) is 0. The number of aromatic amines is 1. The van der Waals surface area contributed by atoms with Crippen molar-refractivity contribution in [1.82, 2.24) is 10.2 Å². The van der Waals surface area contributed by atoms with Gasteiger partial charge in [-0.3, -0.25) is 9.59 Å². The van der Waals surface area contributed by atoms with Gasteiger partial charge in [0.05, 0.1) is 16.6 Å². The highest BCUT2D eigenvalue weighted by Crippen LogP contribution is 2.18. The molecule has 0 spiro atoms. The highest BCUT2D eigenvalue weighted by molar-refractivity contribution is 5.93. The predicted molar refractivity (Wildman–Crippen MR) is 80.1 cm³/mol. The number of H-pyrrole nitrogens is 1. The van der Waals surface area contributed by atoms with E-state index in [0.29, 0.717) is 23.1 Å². The second-order valence-corrected chi connectivity index (χ2v) is 4.90. The molecule has 5 nitrogen and oxygen atoms in total. The topological polar surface area (TPSA) is 88.8 Å². The van der Waals surface area contributed by atoms with E-state index in [9.17, 15) is 14.0 Å². The summed E-state index contributed by atoms with van der Waals surface area (Å²) in [5.41, 5.74) is 6.03. The molecule has 0 aliphatic heterocycles. The Morgan fingerprint density at radius 1 is 1.18 bits per heavy atom. The first-order valence-corrected chi connectivity index (χ1v) is 6.61. The molecule has 22 heavy (non-hydrogen) atoms. The van der Waals surface area contributed by atoms with Crippen molar-refractivity contribution < 1.29 is 9.18 Å². The SMILES string of the molecule is NC(=O)c1cc(Cc2n[nH]c(=O)c3ccccc23)ccc1F. The summed E-state index contributed by atoms with van der Waals surface area (Å²) < 4.78 is 13.5. The van der Waals surface area contributed by atoms with Crippen molar-refractivity contribution >= 4 is 16.7 Å². The third-order valence-corrected chi connectivity index (χ3v) is 3.44. The Labute approximate surface area is 124 Å². The molecule has 6 heteroatoms. The number of primary amides is 1. The number of carbonyl (C=O) groups excluding carboxylic acids is 1. The van der Waals surface area contributed by atoms with Crippen molar-refractivity contribution in [3.05, 3.63) is 75.5 Å². The number of benzene rings is 2. The molecule has 3 rings (SSSR count). The standard InChI is InChI=1S/C16H12FN3O2/c17-13-6-5-9(7-12(13)15(18)21)8-14-10-3-1-2-4-11(10)16(22)20-19-14/h1-7H,8H2,(H2,18,21)(H,20,22). The Balaban J connectivity index is 2.08. The molecule has 0 saturated carbocycles. The number of hydrogen-bond donors (Lipinski definition) is 2. The summed E-state index contributed by atoms with van der Waals surface area (Å²) in [4.78, 5) is 22.9. The van der Waals surface area contributed by atoms with E-state index < -0.39 is 11.7 Å². The lowest BCUT2D eigenvalue weighted by Gasteiger charge is -2.06. The average Bonchev–Trinajstić information content (AvgIpc) is 2.52. The lowest BCUT2D eigenvalue weighted by Crippen LogP contribution is -2.14. The van der Waals surface area contributed by atoms with E-state index in [-0.39, 0.29) is 11.1 Å².